The number of carboxylic acid groups (broad SMARTS) is 8. The molecular weight excluding hydrogens is 1610 g/mol. The largest absolute Gasteiger partial charge is 0.872 e. The maximum Gasteiger partial charge on any atom is 0.340 e. The molecule has 0 atom stereocenters. The first-order chi connectivity index (χ1) is 58.1. The van der Waals surface area contributed by atoms with Crippen LogP contribution in [0.15, 0.2) is 224 Å². The summed E-state index contributed by atoms with van der Waals surface area (Å²) < 4.78 is 0. The SMILES string of the molecule is Cc1ccc2c(C(=O)O)c(O)c([O-])c(C)c2c1.O=C(O)c1c(O)cc2ccccc2c1[O-].O=C(O)c1c([O-])ccc2cc(O)ccc12.O=C(O)c1c([O-])ccc2ccc(O)cc12.O=C(O)c1cc(O)c2ccccc2c1[O-].O=C(O)c1cc2ccccc2c(O)c1[O-].O=C(O)c1cccc2cc(O)c(O)c([O-])c12.O=C(O)c1cccc2ccc(O)c([O-])c12. The van der Waals surface area contributed by atoms with Gasteiger partial charge in [-0.3, -0.25) is 0 Å². The van der Waals surface area contributed by atoms with Gasteiger partial charge in [-0.2, -0.15) is 0 Å². The van der Waals surface area contributed by atoms with E-state index in [-0.39, 0.29) is 72.0 Å². The lowest BCUT2D eigenvalue weighted by Crippen LogP contribution is -2.04. The van der Waals surface area contributed by atoms with E-state index in [4.69, 9.17) is 40.9 Å². The Balaban J connectivity index is 0.000000160. The molecule has 33 heteroatoms. The predicted molar refractivity (Wildman–Crippen MR) is 427 cm³/mol. The van der Waals surface area contributed by atoms with Gasteiger partial charge in [-0.1, -0.05) is 203 Å². The van der Waals surface area contributed by atoms with Crippen molar-refractivity contribution < 1.29 is 166 Å². The van der Waals surface area contributed by atoms with Crippen molar-refractivity contribution in [3.63, 3.8) is 0 Å². The van der Waals surface area contributed by atoms with E-state index in [2.05, 4.69) is 0 Å². The summed E-state index contributed by atoms with van der Waals surface area (Å²) in [6.45, 7) is 3.44. The number of benzene rings is 16. The first-order valence-corrected chi connectivity index (χ1v) is 35.0. The van der Waals surface area contributed by atoms with Gasteiger partial charge in [-0.25, -0.2) is 38.4 Å². The summed E-state index contributed by atoms with van der Waals surface area (Å²) >= 11 is 0. The fourth-order valence-corrected chi connectivity index (χ4v) is 12.5. The average Bonchev–Trinajstić information content (AvgIpc) is 0.761. The van der Waals surface area contributed by atoms with Gasteiger partial charge in [0.2, 0.25) is 0 Å². The minimum atomic E-state index is -1.41. The molecule has 626 valence electrons. The molecule has 0 aliphatic heterocycles. The molecule has 0 aliphatic rings. The van der Waals surface area contributed by atoms with E-state index in [0.29, 0.717) is 64.8 Å². The highest BCUT2D eigenvalue weighted by molar-refractivity contribution is 6.12. The van der Waals surface area contributed by atoms with E-state index in [1.807, 2.05) is 6.92 Å². The number of phenols is 9. The topological polar surface area (TPSA) is 665 Å². The van der Waals surface area contributed by atoms with Crippen LogP contribution in [-0.4, -0.2) is 135 Å². The quantitative estimate of drug-likeness (QED) is 0.0628. The monoisotopic (exact) mass is 1670 g/mol. The summed E-state index contributed by atoms with van der Waals surface area (Å²) in [6, 6.07) is 54.7. The molecule has 0 spiro atoms. The predicted octanol–water partition coefficient (Wildman–Crippen LogP) is 10.9. The number of rotatable bonds is 8. The molecule has 0 radical (unpaired) electrons. The van der Waals surface area contributed by atoms with Gasteiger partial charge in [0.25, 0.3) is 0 Å². The van der Waals surface area contributed by atoms with Crippen LogP contribution in [0.3, 0.4) is 0 Å². The molecule has 0 fully saturated rings. The van der Waals surface area contributed by atoms with Gasteiger partial charge in [0, 0.05) is 16.2 Å². The number of hydrogen-bond acceptors (Lipinski definition) is 25. The van der Waals surface area contributed by atoms with Crippen LogP contribution >= 0.6 is 0 Å². The lowest BCUT2D eigenvalue weighted by molar-refractivity contribution is -0.271. The Kier molecular flexibility index (Phi) is 26.9. The zero-order valence-electron chi connectivity index (χ0n) is 63.0. The van der Waals surface area contributed by atoms with Crippen LogP contribution in [0.25, 0.3) is 86.2 Å². The van der Waals surface area contributed by atoms with Crippen molar-refractivity contribution >= 4 is 134 Å². The Labute approximate surface area is 688 Å². The van der Waals surface area contributed by atoms with E-state index >= 15 is 0 Å². The molecule has 16 rings (SSSR count). The molecule has 0 aliphatic carbocycles. The number of carboxylic acids is 8. The minimum absolute atomic E-state index is 0.0393. The van der Waals surface area contributed by atoms with E-state index < -0.39 is 145 Å². The summed E-state index contributed by atoms with van der Waals surface area (Å²) in [6.07, 6.45) is 0. The third kappa shape index (κ3) is 19.2. The highest BCUT2D eigenvalue weighted by atomic mass is 16.4. The molecule has 0 amide bonds. The number of carbonyl (C=O) groups is 8. The first kappa shape index (κ1) is 88.9. The minimum Gasteiger partial charge on any atom is -0.872 e. The molecule has 0 aromatic heterocycles. The molecule has 123 heavy (non-hydrogen) atoms. The van der Waals surface area contributed by atoms with Crippen LogP contribution in [-0.2, 0) is 0 Å². The fourth-order valence-electron chi connectivity index (χ4n) is 12.5. The number of aromatic carboxylic acids is 8. The van der Waals surface area contributed by atoms with Gasteiger partial charge >= 0.3 is 47.8 Å². The molecule has 0 unspecified atom stereocenters. The lowest BCUT2D eigenvalue weighted by atomic mass is 9.96. The second-order valence-corrected chi connectivity index (χ2v) is 26.1. The summed E-state index contributed by atoms with van der Waals surface area (Å²) in [5.41, 5.74) is -1.27. The Bertz CT molecular complexity index is 6950. The molecule has 0 bridgehead atoms. The second kappa shape index (κ2) is 37.3. The van der Waals surface area contributed by atoms with Crippen LogP contribution in [0.4, 0.5) is 0 Å². The van der Waals surface area contributed by atoms with Crippen molar-refractivity contribution in [1.82, 2.24) is 0 Å². The standard InChI is InChI=1S/C13H12O4.C11H8O5.6C11H8O4/c1-6-3-4-8-9(5-6)7(2)11(14)12(15)10(8)13(16)17;12-7-4-5-2-1-3-6(11(15)16)8(5)10(14)9(7)13;12-7-2-3-8-6(5-7)1-4-9(13)10(8)11(14)15;12-7-3-1-6-2-4-9(13)10(11(14)15)8(6)5-7;12-8-5-4-6-2-1-3-7(11(14)15)9(6)10(8)13;12-9-5-8(11(14)15)10(13)7-4-2-1-3-6(7)9;12-8-5-6-3-1-2-4-7(6)10(13)9(8)11(14)15;12-9-7-4-2-1-3-6(7)5-8(10(9)13)11(14)15/h3-5,14-15H,1-2H3,(H,16,17);1-4,12-14H,(H,15,16);6*1-5,12-13H,(H,14,15)/p-8. The average molecular weight is 1670 g/mol. The highest BCUT2D eigenvalue weighted by Gasteiger charge is 2.21. The summed E-state index contributed by atoms with van der Waals surface area (Å²) in [4.78, 5) is 86.7. The number of hydrogen-bond donors (Lipinski definition) is 17. The van der Waals surface area contributed by atoms with Gasteiger partial charge in [0.15, 0.2) is 5.75 Å². The number of fused-ring (bicyclic) bond motifs is 8. The molecule has 0 saturated carbocycles. The van der Waals surface area contributed by atoms with Crippen LogP contribution < -0.4 is 40.9 Å². The molecule has 17 N–H and O–H groups in total. The van der Waals surface area contributed by atoms with Crippen LogP contribution in [0.5, 0.6) is 97.7 Å². The zero-order chi connectivity index (χ0) is 90.6. The van der Waals surface area contributed by atoms with Crippen molar-refractivity contribution in [3.8, 4) is 97.7 Å². The van der Waals surface area contributed by atoms with Crippen LogP contribution in [0.1, 0.15) is 94.0 Å². The van der Waals surface area contributed by atoms with Crippen LogP contribution in [0, 0.1) is 13.8 Å². The Morgan fingerprint density at radius 1 is 0.228 bits per heavy atom. The Morgan fingerprint density at radius 3 is 1.24 bits per heavy atom. The molecule has 16 aromatic carbocycles. The van der Waals surface area contributed by atoms with Gasteiger partial charge in [-0.05, 0) is 162 Å². The van der Waals surface area contributed by atoms with E-state index in [0.717, 1.165) is 17.7 Å². The summed E-state index contributed by atoms with van der Waals surface area (Å²) in [5.74, 6) is -19.4. The molecule has 0 heterocycles. The highest BCUT2D eigenvalue weighted by Crippen LogP contribution is 2.43. The van der Waals surface area contributed by atoms with Gasteiger partial charge in [0.05, 0.1) is 38.9 Å². The van der Waals surface area contributed by atoms with Crippen molar-refractivity contribution in [2.45, 2.75) is 13.8 Å². The fraction of sp³-hybridized carbons (Fsp3) is 0.0222. The Morgan fingerprint density at radius 2 is 0.667 bits per heavy atom. The molecular formula is C90H60O33-8. The summed E-state index contributed by atoms with van der Waals surface area (Å²) in [7, 11) is 0. The van der Waals surface area contributed by atoms with E-state index in [9.17, 15) is 125 Å². The Hall–Kier alpha value is -18.0. The number of phenolic OH excluding ortho intramolecular Hbond substituents is 7. The maximum atomic E-state index is 11.7. The second-order valence-electron chi connectivity index (χ2n) is 26.1. The summed E-state index contributed by atoms with van der Waals surface area (Å²) in [5, 5.41) is 253. The van der Waals surface area contributed by atoms with Crippen molar-refractivity contribution in [2.75, 3.05) is 0 Å². The normalized spacial score (nSPS) is 10.5. The van der Waals surface area contributed by atoms with E-state index in [1.54, 1.807) is 104 Å². The van der Waals surface area contributed by atoms with Gasteiger partial charge in [0.1, 0.15) is 51.6 Å². The molecule has 0 saturated heterocycles. The molecule has 16 aromatic rings. The van der Waals surface area contributed by atoms with Gasteiger partial charge in [-0.15, -0.1) is 0 Å². The smallest absolute Gasteiger partial charge is 0.340 e. The third-order valence-electron chi connectivity index (χ3n) is 18.3. The van der Waals surface area contributed by atoms with Crippen molar-refractivity contribution in [2.24, 2.45) is 0 Å². The number of aryl methyl sites for hydroxylation is 2. The van der Waals surface area contributed by atoms with Gasteiger partial charge < -0.3 is 128 Å². The third-order valence-corrected chi connectivity index (χ3v) is 18.3. The number of aromatic hydroxyl groups is 9. The van der Waals surface area contributed by atoms with Crippen molar-refractivity contribution in [1.29, 1.82) is 0 Å². The lowest BCUT2D eigenvalue weighted by Gasteiger charge is -2.18. The van der Waals surface area contributed by atoms with Crippen molar-refractivity contribution in [3.05, 3.63) is 280 Å². The van der Waals surface area contributed by atoms with E-state index in [1.165, 1.54) is 115 Å². The molecule has 33 nitrogen and oxygen atoms in total. The van der Waals surface area contributed by atoms with Crippen LogP contribution in [0.2, 0.25) is 0 Å². The maximum absolute atomic E-state index is 11.7. The zero-order valence-corrected chi connectivity index (χ0v) is 63.0. The first-order valence-electron chi connectivity index (χ1n) is 35.0.